The highest BCUT2D eigenvalue weighted by molar-refractivity contribution is 7.09. The zero-order valence-corrected chi connectivity index (χ0v) is 11.3. The summed E-state index contributed by atoms with van der Waals surface area (Å²) in [4.78, 5) is 7.43. The molecule has 0 atom stereocenters. The Balaban J connectivity index is 1.59. The molecule has 0 N–H and O–H groups in total. The van der Waals surface area contributed by atoms with Crippen molar-refractivity contribution in [2.24, 2.45) is 0 Å². The molecule has 1 saturated carbocycles. The molecule has 17 heavy (non-hydrogen) atoms. The summed E-state index contributed by atoms with van der Waals surface area (Å²) in [6.45, 7) is 3.63. The predicted molar refractivity (Wildman–Crippen MR) is 72.5 cm³/mol. The number of hydrogen-bond acceptors (Lipinski definition) is 3. The molecular formula is C14H22N2S. The number of nitrogens with zero attached hydrogens (tertiary/aromatic N) is 2. The number of piperidine rings is 1. The van der Waals surface area contributed by atoms with Crippen LogP contribution in [0.1, 0.15) is 61.6 Å². The van der Waals surface area contributed by atoms with Crippen LogP contribution in [0.25, 0.3) is 0 Å². The van der Waals surface area contributed by atoms with E-state index < -0.39 is 0 Å². The average molecular weight is 250 g/mol. The topological polar surface area (TPSA) is 16.1 Å². The summed E-state index contributed by atoms with van der Waals surface area (Å²) in [6.07, 6.45) is 9.73. The van der Waals surface area contributed by atoms with Crippen molar-refractivity contribution in [3.8, 4) is 0 Å². The van der Waals surface area contributed by atoms with Gasteiger partial charge in [-0.2, -0.15) is 0 Å². The molecule has 3 heteroatoms. The zero-order valence-electron chi connectivity index (χ0n) is 10.5. The Labute approximate surface area is 108 Å². The second-order valence-electron chi connectivity index (χ2n) is 5.50. The maximum absolute atomic E-state index is 4.86. The maximum Gasteiger partial charge on any atom is 0.0959 e. The van der Waals surface area contributed by atoms with E-state index in [0.29, 0.717) is 0 Å². The van der Waals surface area contributed by atoms with E-state index in [0.717, 1.165) is 12.5 Å². The summed E-state index contributed by atoms with van der Waals surface area (Å²) < 4.78 is 0. The minimum absolute atomic E-state index is 0.787. The Morgan fingerprint density at radius 3 is 2.65 bits per heavy atom. The monoisotopic (exact) mass is 250 g/mol. The van der Waals surface area contributed by atoms with Crippen LogP contribution in [-0.4, -0.2) is 23.0 Å². The molecule has 0 bridgehead atoms. The van der Waals surface area contributed by atoms with Crippen molar-refractivity contribution in [2.45, 2.75) is 57.4 Å². The van der Waals surface area contributed by atoms with Crippen molar-refractivity contribution < 1.29 is 0 Å². The molecule has 2 nitrogen and oxygen atoms in total. The van der Waals surface area contributed by atoms with Crippen molar-refractivity contribution in [3.63, 3.8) is 0 Å². The van der Waals surface area contributed by atoms with Gasteiger partial charge in [-0.1, -0.05) is 19.3 Å². The average Bonchev–Trinajstić information content (AvgIpc) is 3.00. The van der Waals surface area contributed by atoms with Crippen LogP contribution in [0.3, 0.4) is 0 Å². The minimum atomic E-state index is 0.787. The SMILES string of the molecule is c1sc(C2CCCC2)nc1CN1CCCCC1. The van der Waals surface area contributed by atoms with E-state index in [4.69, 9.17) is 4.98 Å². The summed E-state index contributed by atoms with van der Waals surface area (Å²) in [7, 11) is 0. The van der Waals surface area contributed by atoms with E-state index in [9.17, 15) is 0 Å². The smallest absolute Gasteiger partial charge is 0.0959 e. The molecule has 2 aliphatic rings. The van der Waals surface area contributed by atoms with E-state index in [1.165, 1.54) is 68.7 Å². The molecule has 0 radical (unpaired) electrons. The molecule has 1 aromatic heterocycles. The molecule has 0 spiro atoms. The normalized spacial score (nSPS) is 23.3. The quantitative estimate of drug-likeness (QED) is 0.811. The lowest BCUT2D eigenvalue weighted by atomic mass is 10.1. The lowest BCUT2D eigenvalue weighted by Gasteiger charge is -2.25. The number of likely N-dealkylation sites (tertiary alicyclic amines) is 1. The molecule has 1 aromatic rings. The van der Waals surface area contributed by atoms with Crippen molar-refractivity contribution in [3.05, 3.63) is 16.1 Å². The first-order chi connectivity index (χ1) is 8.42. The van der Waals surface area contributed by atoms with Gasteiger partial charge < -0.3 is 0 Å². The van der Waals surface area contributed by atoms with Gasteiger partial charge in [-0.05, 0) is 38.8 Å². The molecule has 94 valence electrons. The van der Waals surface area contributed by atoms with Gasteiger partial charge in [0.05, 0.1) is 10.7 Å². The van der Waals surface area contributed by atoms with Crippen LogP contribution in [0, 0.1) is 0 Å². The van der Waals surface area contributed by atoms with Gasteiger partial charge >= 0.3 is 0 Å². The van der Waals surface area contributed by atoms with Crippen LogP contribution in [-0.2, 0) is 6.54 Å². The lowest BCUT2D eigenvalue weighted by molar-refractivity contribution is 0.219. The number of aromatic nitrogens is 1. The van der Waals surface area contributed by atoms with Gasteiger partial charge in [0.1, 0.15) is 0 Å². The minimum Gasteiger partial charge on any atom is -0.297 e. The van der Waals surface area contributed by atoms with E-state index in [-0.39, 0.29) is 0 Å². The first kappa shape index (κ1) is 11.7. The maximum atomic E-state index is 4.86. The van der Waals surface area contributed by atoms with Crippen molar-refractivity contribution in [1.29, 1.82) is 0 Å². The van der Waals surface area contributed by atoms with E-state index in [1.54, 1.807) is 0 Å². The fourth-order valence-corrected chi connectivity index (χ4v) is 4.08. The van der Waals surface area contributed by atoms with E-state index in [1.807, 2.05) is 11.3 Å². The zero-order chi connectivity index (χ0) is 11.5. The Morgan fingerprint density at radius 2 is 1.88 bits per heavy atom. The molecule has 0 amide bonds. The van der Waals surface area contributed by atoms with Crippen molar-refractivity contribution in [1.82, 2.24) is 9.88 Å². The molecular weight excluding hydrogens is 228 g/mol. The standard InChI is InChI=1S/C14H22N2S/c1-4-8-16(9-5-1)10-13-11-17-14(15-13)12-6-2-3-7-12/h11-12H,1-10H2. The van der Waals surface area contributed by atoms with Crippen LogP contribution >= 0.6 is 11.3 Å². The second kappa shape index (κ2) is 5.49. The van der Waals surface area contributed by atoms with E-state index in [2.05, 4.69) is 10.3 Å². The highest BCUT2D eigenvalue weighted by Gasteiger charge is 2.20. The predicted octanol–water partition coefficient (Wildman–Crippen LogP) is 3.79. The van der Waals surface area contributed by atoms with Crippen LogP contribution < -0.4 is 0 Å². The molecule has 1 saturated heterocycles. The third-order valence-corrected chi connectivity index (χ3v) is 5.16. The van der Waals surface area contributed by atoms with Crippen LogP contribution in [0.4, 0.5) is 0 Å². The summed E-state index contributed by atoms with van der Waals surface area (Å²) >= 11 is 1.90. The molecule has 2 fully saturated rings. The summed E-state index contributed by atoms with van der Waals surface area (Å²) in [5.74, 6) is 0.787. The number of hydrogen-bond donors (Lipinski definition) is 0. The second-order valence-corrected chi connectivity index (χ2v) is 6.38. The van der Waals surface area contributed by atoms with Crippen molar-refractivity contribution >= 4 is 11.3 Å². The van der Waals surface area contributed by atoms with Gasteiger partial charge in [-0.25, -0.2) is 4.98 Å². The first-order valence-electron chi connectivity index (χ1n) is 7.08. The number of rotatable bonds is 3. The first-order valence-corrected chi connectivity index (χ1v) is 7.96. The highest BCUT2D eigenvalue weighted by atomic mass is 32.1. The van der Waals surface area contributed by atoms with Crippen LogP contribution in [0.5, 0.6) is 0 Å². The number of thiazole rings is 1. The molecule has 1 aliphatic carbocycles. The third-order valence-electron chi connectivity index (χ3n) is 4.11. The molecule has 2 heterocycles. The van der Waals surface area contributed by atoms with Gasteiger partial charge in [-0.3, -0.25) is 4.90 Å². The highest BCUT2D eigenvalue weighted by Crippen LogP contribution is 2.35. The van der Waals surface area contributed by atoms with Gasteiger partial charge in [0, 0.05) is 17.8 Å². The fourth-order valence-electron chi connectivity index (χ4n) is 3.10. The Bertz CT molecular complexity index is 349. The summed E-state index contributed by atoms with van der Waals surface area (Å²) in [6, 6.07) is 0. The summed E-state index contributed by atoms with van der Waals surface area (Å²) in [5, 5.41) is 3.71. The van der Waals surface area contributed by atoms with Crippen LogP contribution in [0.15, 0.2) is 5.38 Å². The van der Waals surface area contributed by atoms with Crippen LogP contribution in [0.2, 0.25) is 0 Å². The molecule has 0 unspecified atom stereocenters. The van der Waals surface area contributed by atoms with Gasteiger partial charge in [0.2, 0.25) is 0 Å². The lowest BCUT2D eigenvalue weighted by Crippen LogP contribution is -2.29. The van der Waals surface area contributed by atoms with Gasteiger partial charge in [0.15, 0.2) is 0 Å². The van der Waals surface area contributed by atoms with E-state index >= 15 is 0 Å². The molecule has 3 rings (SSSR count). The van der Waals surface area contributed by atoms with Gasteiger partial charge in [-0.15, -0.1) is 11.3 Å². The molecule has 0 aromatic carbocycles. The van der Waals surface area contributed by atoms with Gasteiger partial charge in [0.25, 0.3) is 0 Å². The molecule has 1 aliphatic heterocycles. The Kier molecular flexibility index (Phi) is 3.77. The Hall–Kier alpha value is -0.410. The Morgan fingerprint density at radius 1 is 1.12 bits per heavy atom. The fraction of sp³-hybridized carbons (Fsp3) is 0.786. The summed E-state index contributed by atoms with van der Waals surface area (Å²) in [5.41, 5.74) is 1.32. The third kappa shape index (κ3) is 2.89. The van der Waals surface area contributed by atoms with Crippen molar-refractivity contribution in [2.75, 3.05) is 13.1 Å². The largest absolute Gasteiger partial charge is 0.297 e.